The van der Waals surface area contributed by atoms with E-state index in [4.69, 9.17) is 4.98 Å². The molecule has 1 aliphatic rings. The number of ether oxygens (including phenoxy) is 1. The normalized spacial score (nSPS) is 15.5. The summed E-state index contributed by atoms with van der Waals surface area (Å²) in [5, 5.41) is 9.34. The molecule has 0 aliphatic carbocycles. The summed E-state index contributed by atoms with van der Waals surface area (Å²) in [6.07, 6.45) is 2.93. The van der Waals surface area contributed by atoms with Crippen molar-refractivity contribution in [3.05, 3.63) is 45.4 Å². The first-order chi connectivity index (χ1) is 13.5. The molecule has 3 rings (SSSR count). The Balaban J connectivity index is 2.21. The average molecular weight is 381 g/mol. The van der Waals surface area contributed by atoms with Crippen molar-refractivity contribution in [1.29, 1.82) is 5.26 Å². The van der Waals surface area contributed by atoms with Gasteiger partial charge in [0, 0.05) is 32.4 Å². The number of fused-ring (bicyclic) bond motifs is 1. The van der Waals surface area contributed by atoms with Crippen LogP contribution >= 0.6 is 0 Å². The molecule has 1 fully saturated rings. The van der Waals surface area contributed by atoms with E-state index in [0.29, 0.717) is 24.6 Å². The SMILES string of the molecule is CCN1CCN(c2nc3c(C)cccn3c(=O)c2/C=C(/C#N)C(=O)OC)CC1. The van der Waals surface area contributed by atoms with Gasteiger partial charge in [-0.05, 0) is 31.2 Å². The Hall–Kier alpha value is -3.18. The van der Waals surface area contributed by atoms with Gasteiger partial charge in [-0.25, -0.2) is 9.78 Å². The number of hydrogen-bond acceptors (Lipinski definition) is 7. The average Bonchev–Trinajstić information content (AvgIpc) is 2.73. The van der Waals surface area contributed by atoms with E-state index in [1.54, 1.807) is 12.3 Å². The highest BCUT2D eigenvalue weighted by molar-refractivity contribution is 5.98. The smallest absolute Gasteiger partial charge is 0.348 e. The van der Waals surface area contributed by atoms with Gasteiger partial charge in [0.2, 0.25) is 0 Å². The molecule has 8 nitrogen and oxygen atoms in total. The number of carbonyl (C=O) groups is 1. The molecule has 0 unspecified atom stereocenters. The quantitative estimate of drug-likeness (QED) is 0.447. The summed E-state index contributed by atoms with van der Waals surface area (Å²) >= 11 is 0. The maximum Gasteiger partial charge on any atom is 0.348 e. The molecule has 2 aromatic rings. The molecule has 1 saturated heterocycles. The van der Waals surface area contributed by atoms with Crippen molar-refractivity contribution in [3.63, 3.8) is 0 Å². The molecule has 0 N–H and O–H groups in total. The van der Waals surface area contributed by atoms with Crippen LogP contribution in [-0.2, 0) is 9.53 Å². The Morgan fingerprint density at radius 2 is 2.07 bits per heavy atom. The monoisotopic (exact) mass is 381 g/mol. The number of hydrogen-bond donors (Lipinski definition) is 0. The second-order valence-electron chi connectivity index (χ2n) is 6.62. The highest BCUT2D eigenvalue weighted by Crippen LogP contribution is 2.22. The molecular formula is C20H23N5O3. The lowest BCUT2D eigenvalue weighted by Crippen LogP contribution is -2.47. The predicted molar refractivity (Wildman–Crippen MR) is 106 cm³/mol. The van der Waals surface area contributed by atoms with Gasteiger partial charge < -0.3 is 14.5 Å². The second kappa shape index (κ2) is 8.23. The van der Waals surface area contributed by atoms with E-state index in [9.17, 15) is 14.9 Å². The molecule has 0 amide bonds. The minimum Gasteiger partial charge on any atom is -0.465 e. The molecule has 3 heterocycles. The second-order valence-corrected chi connectivity index (χ2v) is 6.62. The summed E-state index contributed by atoms with van der Waals surface area (Å²) < 4.78 is 6.10. The Morgan fingerprint density at radius 3 is 2.68 bits per heavy atom. The summed E-state index contributed by atoms with van der Waals surface area (Å²) in [5.74, 6) is -0.287. The third kappa shape index (κ3) is 3.62. The summed E-state index contributed by atoms with van der Waals surface area (Å²) in [6, 6.07) is 5.48. The van der Waals surface area contributed by atoms with Gasteiger partial charge in [0.25, 0.3) is 5.56 Å². The van der Waals surface area contributed by atoms with Gasteiger partial charge in [-0.3, -0.25) is 9.20 Å². The van der Waals surface area contributed by atoms with E-state index in [1.165, 1.54) is 17.6 Å². The maximum absolute atomic E-state index is 13.2. The van der Waals surface area contributed by atoms with E-state index in [2.05, 4.69) is 16.6 Å². The lowest BCUT2D eigenvalue weighted by atomic mass is 10.1. The number of aromatic nitrogens is 2. The van der Waals surface area contributed by atoms with Crippen molar-refractivity contribution in [3.8, 4) is 6.07 Å². The van der Waals surface area contributed by atoms with Gasteiger partial charge in [-0.2, -0.15) is 5.26 Å². The number of esters is 1. The van der Waals surface area contributed by atoms with Crippen LogP contribution in [0.1, 0.15) is 18.1 Å². The molecule has 0 saturated carbocycles. The summed E-state index contributed by atoms with van der Waals surface area (Å²) in [6.45, 7) is 8.11. The maximum atomic E-state index is 13.2. The molecular weight excluding hydrogens is 358 g/mol. The minimum atomic E-state index is -0.780. The third-order valence-corrected chi connectivity index (χ3v) is 5.00. The van der Waals surface area contributed by atoms with Crippen molar-refractivity contribution >= 4 is 23.5 Å². The van der Waals surface area contributed by atoms with Crippen LogP contribution < -0.4 is 10.5 Å². The number of nitrogens with zero attached hydrogens (tertiary/aromatic N) is 5. The fraction of sp³-hybridized carbons (Fsp3) is 0.400. The number of methoxy groups -OCH3 is 1. The van der Waals surface area contributed by atoms with E-state index < -0.39 is 5.97 Å². The van der Waals surface area contributed by atoms with E-state index in [-0.39, 0.29) is 16.7 Å². The Bertz CT molecular complexity index is 1030. The van der Waals surface area contributed by atoms with Crippen LogP contribution in [-0.4, -0.2) is 60.1 Å². The number of pyridine rings is 1. The van der Waals surface area contributed by atoms with Crippen molar-refractivity contribution in [2.75, 3.05) is 44.7 Å². The fourth-order valence-electron chi connectivity index (χ4n) is 3.33. The van der Waals surface area contributed by atoms with Gasteiger partial charge in [0.15, 0.2) is 0 Å². The molecule has 146 valence electrons. The van der Waals surface area contributed by atoms with Crippen LogP contribution in [0, 0.1) is 18.3 Å². The van der Waals surface area contributed by atoms with Gasteiger partial charge in [0.1, 0.15) is 23.1 Å². The van der Waals surface area contributed by atoms with Crippen LogP contribution in [0.5, 0.6) is 0 Å². The summed E-state index contributed by atoms with van der Waals surface area (Å²) in [5.41, 5.74) is 1.10. The van der Waals surface area contributed by atoms with Crippen LogP contribution in [0.2, 0.25) is 0 Å². The zero-order valence-electron chi connectivity index (χ0n) is 16.3. The molecule has 28 heavy (non-hydrogen) atoms. The number of rotatable bonds is 4. The number of likely N-dealkylation sites (N-methyl/N-ethyl adjacent to an activating group) is 1. The number of nitriles is 1. The molecule has 0 aromatic carbocycles. The number of carbonyl (C=O) groups excluding carboxylic acids is 1. The molecule has 0 atom stereocenters. The van der Waals surface area contributed by atoms with E-state index in [0.717, 1.165) is 25.2 Å². The first-order valence-electron chi connectivity index (χ1n) is 9.19. The Morgan fingerprint density at radius 1 is 1.36 bits per heavy atom. The minimum absolute atomic E-state index is 0.218. The van der Waals surface area contributed by atoms with E-state index >= 15 is 0 Å². The largest absolute Gasteiger partial charge is 0.465 e. The first kappa shape index (κ1) is 19.6. The van der Waals surface area contributed by atoms with Crippen LogP contribution in [0.3, 0.4) is 0 Å². The van der Waals surface area contributed by atoms with Gasteiger partial charge in [0.05, 0.1) is 12.7 Å². The lowest BCUT2D eigenvalue weighted by Gasteiger charge is -2.35. The molecule has 2 aromatic heterocycles. The van der Waals surface area contributed by atoms with Crippen LogP contribution in [0.25, 0.3) is 11.7 Å². The predicted octanol–water partition coefficient (Wildman–Crippen LogP) is 1.22. The molecule has 0 radical (unpaired) electrons. The van der Waals surface area contributed by atoms with Crippen molar-refractivity contribution in [1.82, 2.24) is 14.3 Å². The van der Waals surface area contributed by atoms with Crippen LogP contribution in [0.15, 0.2) is 28.7 Å². The zero-order chi connectivity index (χ0) is 20.3. The highest BCUT2D eigenvalue weighted by Gasteiger charge is 2.23. The van der Waals surface area contributed by atoms with Crippen molar-refractivity contribution in [2.45, 2.75) is 13.8 Å². The lowest BCUT2D eigenvalue weighted by molar-refractivity contribution is -0.135. The number of aryl methyl sites for hydroxylation is 1. The highest BCUT2D eigenvalue weighted by atomic mass is 16.5. The Labute approximate surface area is 163 Å². The molecule has 0 bridgehead atoms. The molecule has 1 aliphatic heterocycles. The third-order valence-electron chi connectivity index (χ3n) is 5.00. The van der Waals surface area contributed by atoms with Crippen LogP contribution in [0.4, 0.5) is 5.82 Å². The summed E-state index contributed by atoms with van der Waals surface area (Å²) in [7, 11) is 1.20. The zero-order valence-corrected chi connectivity index (χ0v) is 16.3. The molecule has 8 heteroatoms. The summed E-state index contributed by atoms with van der Waals surface area (Å²) in [4.78, 5) is 34.2. The van der Waals surface area contributed by atoms with Gasteiger partial charge in [-0.1, -0.05) is 13.0 Å². The first-order valence-corrected chi connectivity index (χ1v) is 9.19. The van der Waals surface area contributed by atoms with Gasteiger partial charge in [-0.15, -0.1) is 0 Å². The van der Waals surface area contributed by atoms with E-state index in [1.807, 2.05) is 24.0 Å². The number of anilines is 1. The Kier molecular flexibility index (Phi) is 5.76. The topological polar surface area (TPSA) is 90.9 Å². The van der Waals surface area contributed by atoms with Crippen molar-refractivity contribution in [2.24, 2.45) is 0 Å². The van der Waals surface area contributed by atoms with Gasteiger partial charge >= 0.3 is 5.97 Å². The van der Waals surface area contributed by atoms with Crippen molar-refractivity contribution < 1.29 is 9.53 Å². The number of piperazine rings is 1. The fourth-order valence-corrected chi connectivity index (χ4v) is 3.33. The molecule has 0 spiro atoms. The standard InChI is InChI=1S/C20H23N5O3/c1-4-23-8-10-24(11-9-23)18-16(12-15(13-21)20(27)28-3)19(26)25-7-5-6-14(2)17(25)22-18/h5-7,12H,4,8-11H2,1-3H3/b15-12-.